The van der Waals surface area contributed by atoms with Crippen LogP contribution in [0.2, 0.25) is 0 Å². The topological polar surface area (TPSA) is 70.7 Å². The van der Waals surface area contributed by atoms with E-state index in [0.717, 1.165) is 0 Å². The maximum atomic E-state index is 11.1. The highest BCUT2D eigenvalue weighted by molar-refractivity contribution is 5.86. The number of nitrogens with zero attached hydrogens (tertiary/aromatic N) is 1. The average Bonchev–Trinajstić information content (AvgIpc) is 2.63. The number of urea groups is 1. The van der Waals surface area contributed by atoms with Gasteiger partial charge in [0.2, 0.25) is 5.91 Å². The van der Waals surface area contributed by atoms with Crippen LogP contribution in [0.3, 0.4) is 0 Å². The number of hydrogen-bond acceptors (Lipinski definition) is 3. The Morgan fingerprint density at radius 3 is 3.13 bits per heavy atom. The van der Waals surface area contributed by atoms with Crippen molar-refractivity contribution in [2.24, 2.45) is 0 Å². The monoisotopic (exact) mass is 213 g/mol. The van der Waals surface area contributed by atoms with Crippen LogP contribution in [0.5, 0.6) is 0 Å². The lowest BCUT2D eigenvalue weighted by molar-refractivity contribution is -0.118. The quantitative estimate of drug-likeness (QED) is 0.348. The lowest BCUT2D eigenvalue weighted by Crippen LogP contribution is -2.32. The minimum absolute atomic E-state index is 0.0614. The summed E-state index contributed by atoms with van der Waals surface area (Å²) in [6, 6.07) is -0.0614. The molecule has 6 nitrogen and oxygen atoms in total. The molecule has 1 saturated heterocycles. The highest BCUT2D eigenvalue weighted by Gasteiger charge is 2.18. The number of nitrogens with one attached hydrogen (secondary N) is 2. The van der Waals surface area contributed by atoms with Gasteiger partial charge in [0.1, 0.15) is 6.73 Å². The van der Waals surface area contributed by atoms with Crippen LogP contribution in [-0.4, -0.2) is 49.8 Å². The van der Waals surface area contributed by atoms with Crippen LogP contribution in [0.15, 0.2) is 12.7 Å². The SMILES string of the molecule is C=CC(=O)NCOCCN1CCNC1=O. The smallest absolute Gasteiger partial charge is 0.317 e. The molecule has 0 radical (unpaired) electrons. The van der Waals surface area contributed by atoms with Crippen LogP contribution >= 0.6 is 0 Å². The Labute approximate surface area is 88.3 Å². The van der Waals surface area contributed by atoms with E-state index < -0.39 is 0 Å². The number of amides is 3. The van der Waals surface area contributed by atoms with Gasteiger partial charge in [0.25, 0.3) is 0 Å². The van der Waals surface area contributed by atoms with Crippen LogP contribution < -0.4 is 10.6 Å². The summed E-state index contributed by atoms with van der Waals surface area (Å²) >= 11 is 0. The van der Waals surface area contributed by atoms with E-state index in [1.807, 2.05) is 0 Å². The van der Waals surface area contributed by atoms with Crippen LogP contribution in [0.25, 0.3) is 0 Å². The van der Waals surface area contributed by atoms with Crippen molar-refractivity contribution in [1.82, 2.24) is 15.5 Å². The molecule has 0 bridgehead atoms. The second kappa shape index (κ2) is 6.02. The van der Waals surface area contributed by atoms with Crippen LogP contribution in [0.1, 0.15) is 0 Å². The fraction of sp³-hybridized carbons (Fsp3) is 0.556. The predicted octanol–water partition coefficient (Wildman–Crippen LogP) is -0.712. The Kier molecular flexibility index (Phi) is 4.62. The molecule has 3 amide bonds. The number of carbonyl (C=O) groups is 2. The van der Waals surface area contributed by atoms with E-state index in [4.69, 9.17) is 4.74 Å². The van der Waals surface area contributed by atoms with Gasteiger partial charge in [-0.15, -0.1) is 0 Å². The van der Waals surface area contributed by atoms with Crippen molar-refractivity contribution in [2.45, 2.75) is 0 Å². The van der Waals surface area contributed by atoms with Crippen molar-refractivity contribution in [3.63, 3.8) is 0 Å². The van der Waals surface area contributed by atoms with E-state index in [2.05, 4.69) is 17.2 Å². The fourth-order valence-electron chi connectivity index (χ4n) is 1.17. The van der Waals surface area contributed by atoms with Crippen molar-refractivity contribution in [2.75, 3.05) is 33.0 Å². The summed E-state index contributed by atoms with van der Waals surface area (Å²) in [7, 11) is 0. The zero-order valence-electron chi connectivity index (χ0n) is 8.49. The fourth-order valence-corrected chi connectivity index (χ4v) is 1.17. The maximum Gasteiger partial charge on any atom is 0.317 e. The molecule has 0 atom stereocenters. The van der Waals surface area contributed by atoms with Gasteiger partial charge in [-0.05, 0) is 6.08 Å². The van der Waals surface area contributed by atoms with Gasteiger partial charge < -0.3 is 20.3 Å². The largest absolute Gasteiger partial charge is 0.359 e. The lowest BCUT2D eigenvalue weighted by atomic mass is 10.5. The minimum Gasteiger partial charge on any atom is -0.359 e. The van der Waals surface area contributed by atoms with Gasteiger partial charge in [-0.25, -0.2) is 4.79 Å². The van der Waals surface area contributed by atoms with E-state index in [-0.39, 0.29) is 18.7 Å². The minimum atomic E-state index is -0.270. The van der Waals surface area contributed by atoms with Gasteiger partial charge >= 0.3 is 6.03 Å². The highest BCUT2D eigenvalue weighted by Crippen LogP contribution is 1.95. The molecule has 2 N–H and O–H groups in total. The Balaban J connectivity index is 1.99. The molecule has 1 rings (SSSR count). The molecule has 0 aromatic rings. The summed E-state index contributed by atoms with van der Waals surface area (Å²) in [5.74, 6) is -0.270. The van der Waals surface area contributed by atoms with Crippen molar-refractivity contribution >= 4 is 11.9 Å². The van der Waals surface area contributed by atoms with Crippen molar-refractivity contribution in [3.05, 3.63) is 12.7 Å². The summed E-state index contributed by atoms with van der Waals surface area (Å²) in [5, 5.41) is 5.16. The van der Waals surface area contributed by atoms with Gasteiger partial charge in [0.15, 0.2) is 0 Å². The molecule has 1 heterocycles. The molecule has 6 heteroatoms. The molecule has 0 aromatic carbocycles. The Hall–Kier alpha value is -1.56. The first kappa shape index (κ1) is 11.5. The van der Waals surface area contributed by atoms with Crippen LogP contribution in [0.4, 0.5) is 4.79 Å². The van der Waals surface area contributed by atoms with E-state index in [0.29, 0.717) is 26.2 Å². The van der Waals surface area contributed by atoms with Crippen molar-refractivity contribution < 1.29 is 14.3 Å². The second-order valence-electron chi connectivity index (χ2n) is 3.02. The van der Waals surface area contributed by atoms with Gasteiger partial charge in [-0.3, -0.25) is 4.79 Å². The third-order valence-electron chi connectivity index (χ3n) is 1.98. The Morgan fingerprint density at radius 2 is 2.53 bits per heavy atom. The van der Waals surface area contributed by atoms with E-state index in [9.17, 15) is 9.59 Å². The summed E-state index contributed by atoms with van der Waals surface area (Å²) in [5.41, 5.74) is 0. The van der Waals surface area contributed by atoms with Crippen molar-refractivity contribution in [3.8, 4) is 0 Å². The van der Waals surface area contributed by atoms with Gasteiger partial charge in [-0.2, -0.15) is 0 Å². The number of carbonyl (C=O) groups excluding carboxylic acids is 2. The molecule has 0 spiro atoms. The second-order valence-corrected chi connectivity index (χ2v) is 3.02. The molecular weight excluding hydrogens is 198 g/mol. The van der Waals surface area contributed by atoms with Gasteiger partial charge in [0, 0.05) is 19.6 Å². The first-order chi connectivity index (χ1) is 7.24. The van der Waals surface area contributed by atoms with Crippen LogP contribution in [-0.2, 0) is 9.53 Å². The molecule has 1 aliphatic rings. The number of rotatable bonds is 6. The average molecular weight is 213 g/mol. The summed E-state index contributed by atoms with van der Waals surface area (Å²) in [4.78, 5) is 23.4. The molecule has 0 saturated carbocycles. The maximum absolute atomic E-state index is 11.1. The molecule has 0 aromatic heterocycles. The summed E-state index contributed by atoms with van der Waals surface area (Å²) < 4.78 is 5.12. The zero-order valence-corrected chi connectivity index (χ0v) is 8.49. The number of ether oxygens (including phenoxy) is 1. The third-order valence-corrected chi connectivity index (χ3v) is 1.98. The van der Waals surface area contributed by atoms with Crippen LogP contribution in [0, 0.1) is 0 Å². The predicted molar refractivity (Wildman–Crippen MR) is 54.1 cm³/mol. The molecule has 15 heavy (non-hydrogen) atoms. The van der Waals surface area contributed by atoms with E-state index >= 15 is 0 Å². The molecule has 1 aliphatic heterocycles. The Bertz CT molecular complexity index is 255. The highest BCUT2D eigenvalue weighted by atomic mass is 16.5. The molecule has 84 valence electrons. The van der Waals surface area contributed by atoms with E-state index in [1.54, 1.807) is 4.90 Å². The summed E-state index contributed by atoms with van der Waals surface area (Å²) in [6.45, 7) is 5.78. The standard InChI is InChI=1S/C9H15N3O3/c1-2-8(13)11-7-15-6-5-12-4-3-10-9(12)14/h2H,1,3-7H2,(H,10,14)(H,11,13). The van der Waals surface area contributed by atoms with E-state index in [1.165, 1.54) is 6.08 Å². The molecular formula is C9H15N3O3. The first-order valence-corrected chi connectivity index (χ1v) is 4.75. The molecule has 0 unspecified atom stereocenters. The van der Waals surface area contributed by atoms with Crippen molar-refractivity contribution in [1.29, 1.82) is 0 Å². The lowest BCUT2D eigenvalue weighted by Gasteiger charge is -2.13. The first-order valence-electron chi connectivity index (χ1n) is 4.75. The zero-order chi connectivity index (χ0) is 11.1. The normalized spacial score (nSPS) is 14.9. The number of hydrogen-bond donors (Lipinski definition) is 2. The third kappa shape index (κ3) is 3.99. The molecule has 1 fully saturated rings. The Morgan fingerprint density at radius 1 is 1.73 bits per heavy atom. The molecule has 0 aliphatic carbocycles. The van der Waals surface area contributed by atoms with Gasteiger partial charge in [0.05, 0.1) is 6.61 Å². The summed E-state index contributed by atoms with van der Waals surface area (Å²) in [6.07, 6.45) is 1.18. The van der Waals surface area contributed by atoms with Gasteiger partial charge in [-0.1, -0.05) is 6.58 Å².